The summed E-state index contributed by atoms with van der Waals surface area (Å²) < 4.78 is 0. The summed E-state index contributed by atoms with van der Waals surface area (Å²) in [5, 5.41) is 31.9. The van der Waals surface area contributed by atoms with E-state index in [-0.39, 0.29) is 22.9 Å². The van der Waals surface area contributed by atoms with Crippen molar-refractivity contribution in [3.63, 3.8) is 0 Å². The summed E-state index contributed by atoms with van der Waals surface area (Å²) in [6.45, 7) is 6.54. The number of rotatable bonds is 0. The Bertz CT molecular complexity index is 539. The summed E-state index contributed by atoms with van der Waals surface area (Å²) in [7, 11) is 0. The van der Waals surface area contributed by atoms with E-state index in [4.69, 9.17) is 0 Å². The molecule has 3 saturated carbocycles. The Balaban J connectivity index is 1.73. The molecule has 0 amide bonds. The molecule has 0 aromatic carbocycles. The minimum absolute atomic E-state index is 0.00991. The number of aliphatic hydroxyl groups is 3. The molecule has 4 aliphatic rings. The van der Waals surface area contributed by atoms with Crippen molar-refractivity contribution in [2.75, 3.05) is 0 Å². The molecule has 0 bridgehead atoms. The Morgan fingerprint density at radius 3 is 2.43 bits per heavy atom. The molecule has 3 nitrogen and oxygen atoms in total. The maximum absolute atomic E-state index is 10.9. The lowest BCUT2D eigenvalue weighted by atomic mass is 9.46. The third-order valence-electron chi connectivity index (χ3n) is 8.36. The summed E-state index contributed by atoms with van der Waals surface area (Å²) in [5.41, 5.74) is 0.778. The van der Waals surface area contributed by atoms with Crippen LogP contribution in [0.4, 0.5) is 0 Å². The highest BCUT2D eigenvalue weighted by Gasteiger charge is 2.61. The molecule has 0 aromatic heterocycles. The van der Waals surface area contributed by atoms with E-state index in [0.717, 1.165) is 38.5 Å². The van der Waals surface area contributed by atoms with Gasteiger partial charge in [-0.1, -0.05) is 25.5 Å². The van der Waals surface area contributed by atoms with Gasteiger partial charge in [0.1, 0.15) is 0 Å². The summed E-state index contributed by atoms with van der Waals surface area (Å²) in [6.07, 6.45) is 8.15. The SMILES string of the molecule is C[C@]1(O)CC[C@@]2(C)C(=C[C@H](O)[C@H]3[C@@H]4CC[C@H](O)[C@@]4(C)CC[C@@H]32)C1. The molecule has 0 aliphatic heterocycles. The Kier molecular flexibility index (Phi) is 3.38. The zero-order valence-corrected chi connectivity index (χ0v) is 14.8. The van der Waals surface area contributed by atoms with Crippen LogP contribution in [-0.2, 0) is 0 Å². The highest BCUT2D eigenvalue weighted by Crippen LogP contribution is 2.65. The molecule has 0 spiro atoms. The van der Waals surface area contributed by atoms with Crippen LogP contribution in [0.3, 0.4) is 0 Å². The molecule has 0 saturated heterocycles. The van der Waals surface area contributed by atoms with E-state index in [1.54, 1.807) is 0 Å². The maximum Gasteiger partial charge on any atom is 0.0757 e. The van der Waals surface area contributed by atoms with Crippen molar-refractivity contribution < 1.29 is 15.3 Å². The first-order valence-corrected chi connectivity index (χ1v) is 9.47. The Morgan fingerprint density at radius 2 is 1.70 bits per heavy atom. The molecule has 130 valence electrons. The van der Waals surface area contributed by atoms with Gasteiger partial charge in [-0.05, 0) is 80.5 Å². The van der Waals surface area contributed by atoms with Crippen molar-refractivity contribution in [1.82, 2.24) is 0 Å². The molecule has 3 N–H and O–H groups in total. The van der Waals surface area contributed by atoms with Gasteiger partial charge in [0, 0.05) is 0 Å². The molecule has 0 heterocycles. The normalized spacial score (nSPS) is 58.9. The average Bonchev–Trinajstić information content (AvgIpc) is 2.77. The summed E-state index contributed by atoms with van der Waals surface area (Å²) in [6, 6.07) is 0. The molecule has 4 aliphatic carbocycles. The first-order valence-electron chi connectivity index (χ1n) is 9.47. The number of hydrogen-bond donors (Lipinski definition) is 3. The largest absolute Gasteiger partial charge is 0.393 e. The highest BCUT2D eigenvalue weighted by atomic mass is 16.3. The molecule has 23 heavy (non-hydrogen) atoms. The first kappa shape index (κ1) is 16.1. The standard InChI is InChI=1S/C20H32O3/c1-18(23)8-9-19(2)12(11-18)10-15(21)17-13-4-5-16(22)20(13,3)7-6-14(17)19/h10,13-17,21-23H,4-9,11H2,1-3H3/t13-,14-,15-,16-,17-,18-,19-,20-/m0/s1. The Morgan fingerprint density at radius 1 is 0.957 bits per heavy atom. The van der Waals surface area contributed by atoms with E-state index in [1.807, 2.05) is 6.92 Å². The minimum atomic E-state index is -0.620. The zero-order chi connectivity index (χ0) is 16.6. The van der Waals surface area contributed by atoms with Crippen LogP contribution in [0.25, 0.3) is 0 Å². The molecule has 3 heteroatoms. The molecule has 4 rings (SSSR count). The fourth-order valence-electron chi connectivity index (χ4n) is 6.77. The van der Waals surface area contributed by atoms with Gasteiger partial charge in [0.15, 0.2) is 0 Å². The van der Waals surface area contributed by atoms with E-state index >= 15 is 0 Å². The highest BCUT2D eigenvalue weighted by molar-refractivity contribution is 5.29. The van der Waals surface area contributed by atoms with Crippen LogP contribution >= 0.6 is 0 Å². The van der Waals surface area contributed by atoms with Crippen molar-refractivity contribution in [3.8, 4) is 0 Å². The number of aliphatic hydroxyl groups excluding tert-OH is 2. The van der Waals surface area contributed by atoms with Gasteiger partial charge in [-0.15, -0.1) is 0 Å². The summed E-state index contributed by atoms with van der Waals surface area (Å²) in [4.78, 5) is 0. The maximum atomic E-state index is 10.9. The quantitative estimate of drug-likeness (QED) is 0.601. The van der Waals surface area contributed by atoms with Gasteiger partial charge in [0.05, 0.1) is 17.8 Å². The monoisotopic (exact) mass is 320 g/mol. The fourth-order valence-corrected chi connectivity index (χ4v) is 6.77. The lowest BCUT2D eigenvalue weighted by molar-refractivity contribution is -0.112. The van der Waals surface area contributed by atoms with Gasteiger partial charge >= 0.3 is 0 Å². The molecular weight excluding hydrogens is 288 g/mol. The van der Waals surface area contributed by atoms with Crippen LogP contribution in [0.5, 0.6) is 0 Å². The van der Waals surface area contributed by atoms with Crippen LogP contribution < -0.4 is 0 Å². The summed E-state index contributed by atoms with van der Waals surface area (Å²) >= 11 is 0. The molecule has 0 radical (unpaired) electrons. The molecular formula is C20H32O3. The van der Waals surface area contributed by atoms with Crippen molar-refractivity contribution >= 4 is 0 Å². The molecule has 0 aromatic rings. The lowest BCUT2D eigenvalue weighted by Crippen LogP contribution is -2.56. The van der Waals surface area contributed by atoms with Gasteiger partial charge in [-0.25, -0.2) is 0 Å². The van der Waals surface area contributed by atoms with Crippen molar-refractivity contribution in [1.29, 1.82) is 0 Å². The Labute approximate surface area is 139 Å². The Hall–Kier alpha value is -0.380. The van der Waals surface area contributed by atoms with E-state index in [1.165, 1.54) is 5.57 Å². The van der Waals surface area contributed by atoms with Gasteiger partial charge in [-0.2, -0.15) is 0 Å². The van der Waals surface area contributed by atoms with Crippen LogP contribution in [0.15, 0.2) is 11.6 Å². The second kappa shape index (κ2) is 4.83. The van der Waals surface area contributed by atoms with E-state index in [9.17, 15) is 15.3 Å². The summed E-state index contributed by atoms with van der Waals surface area (Å²) in [5.74, 6) is 1.21. The topological polar surface area (TPSA) is 60.7 Å². The van der Waals surface area contributed by atoms with Crippen LogP contribution in [0.1, 0.15) is 65.7 Å². The van der Waals surface area contributed by atoms with Gasteiger partial charge in [0.2, 0.25) is 0 Å². The van der Waals surface area contributed by atoms with E-state index in [2.05, 4.69) is 19.9 Å². The second-order valence-corrected chi connectivity index (χ2v) is 9.70. The molecule has 8 atom stereocenters. The average molecular weight is 320 g/mol. The van der Waals surface area contributed by atoms with Gasteiger partial charge < -0.3 is 15.3 Å². The van der Waals surface area contributed by atoms with Crippen molar-refractivity contribution in [2.24, 2.45) is 28.6 Å². The third kappa shape index (κ3) is 2.12. The predicted octanol–water partition coefficient (Wildman–Crippen LogP) is 3.03. The van der Waals surface area contributed by atoms with Gasteiger partial charge in [0.25, 0.3) is 0 Å². The van der Waals surface area contributed by atoms with Crippen LogP contribution in [0, 0.1) is 28.6 Å². The predicted molar refractivity (Wildman–Crippen MR) is 89.7 cm³/mol. The lowest BCUT2D eigenvalue weighted by Gasteiger charge is -2.59. The second-order valence-electron chi connectivity index (χ2n) is 9.70. The third-order valence-corrected chi connectivity index (χ3v) is 8.36. The van der Waals surface area contributed by atoms with Gasteiger partial charge in [-0.3, -0.25) is 0 Å². The van der Waals surface area contributed by atoms with E-state index in [0.29, 0.717) is 18.3 Å². The van der Waals surface area contributed by atoms with Crippen molar-refractivity contribution in [2.45, 2.75) is 83.5 Å². The van der Waals surface area contributed by atoms with Crippen LogP contribution in [0.2, 0.25) is 0 Å². The fraction of sp³-hybridized carbons (Fsp3) is 0.900. The number of fused-ring (bicyclic) bond motifs is 5. The van der Waals surface area contributed by atoms with Crippen molar-refractivity contribution in [3.05, 3.63) is 11.6 Å². The smallest absolute Gasteiger partial charge is 0.0757 e. The first-order chi connectivity index (χ1) is 10.7. The molecule has 0 unspecified atom stereocenters. The number of hydrogen-bond acceptors (Lipinski definition) is 3. The van der Waals surface area contributed by atoms with Crippen LogP contribution in [-0.4, -0.2) is 33.1 Å². The van der Waals surface area contributed by atoms with E-state index < -0.39 is 11.7 Å². The minimum Gasteiger partial charge on any atom is -0.393 e. The molecule has 3 fully saturated rings. The zero-order valence-electron chi connectivity index (χ0n) is 14.8.